The number of hydrogen-bond donors (Lipinski definition) is 0. The molecule has 1 rings (SSSR count). The van der Waals surface area contributed by atoms with Crippen LogP contribution in [0.15, 0.2) is 9.98 Å². The SMILES string of the molecule is CC(C)(C)OC(=O)c1ncc(Br)s1. The third-order valence-electron chi connectivity index (χ3n) is 1.05. The van der Waals surface area contributed by atoms with Crippen LogP contribution in [-0.2, 0) is 4.74 Å². The van der Waals surface area contributed by atoms with Crippen molar-refractivity contribution in [3.8, 4) is 0 Å². The molecule has 0 N–H and O–H groups in total. The van der Waals surface area contributed by atoms with Gasteiger partial charge in [0.25, 0.3) is 0 Å². The van der Waals surface area contributed by atoms with Gasteiger partial charge in [-0.2, -0.15) is 0 Å². The van der Waals surface area contributed by atoms with E-state index < -0.39 is 5.60 Å². The van der Waals surface area contributed by atoms with Crippen molar-refractivity contribution < 1.29 is 9.53 Å². The number of halogens is 1. The lowest BCUT2D eigenvalue weighted by Gasteiger charge is -2.18. The Morgan fingerprint density at radius 2 is 2.23 bits per heavy atom. The second kappa shape index (κ2) is 3.75. The molecule has 1 aromatic rings. The van der Waals surface area contributed by atoms with Crippen molar-refractivity contribution in [2.45, 2.75) is 26.4 Å². The summed E-state index contributed by atoms with van der Waals surface area (Å²) in [6, 6.07) is 0. The van der Waals surface area contributed by atoms with Crippen molar-refractivity contribution in [3.63, 3.8) is 0 Å². The maximum Gasteiger partial charge on any atom is 0.367 e. The van der Waals surface area contributed by atoms with Crippen LogP contribution in [0.1, 0.15) is 30.6 Å². The first-order valence-corrected chi connectivity index (χ1v) is 5.34. The Hall–Kier alpha value is -0.420. The molecule has 0 aromatic carbocycles. The monoisotopic (exact) mass is 263 g/mol. The Labute approximate surface area is 89.3 Å². The Kier molecular flexibility index (Phi) is 3.08. The molecule has 3 nitrogen and oxygen atoms in total. The fourth-order valence-electron chi connectivity index (χ4n) is 0.671. The molecule has 0 atom stereocenters. The average molecular weight is 264 g/mol. The van der Waals surface area contributed by atoms with E-state index in [9.17, 15) is 4.79 Å². The second-order valence-electron chi connectivity index (χ2n) is 3.47. The lowest BCUT2D eigenvalue weighted by molar-refractivity contribution is 0.00692. The Bertz CT molecular complexity index is 316. The number of rotatable bonds is 1. The quantitative estimate of drug-likeness (QED) is 0.732. The molecule has 13 heavy (non-hydrogen) atoms. The molecule has 1 aromatic heterocycles. The van der Waals surface area contributed by atoms with Crippen molar-refractivity contribution >= 4 is 33.2 Å². The minimum atomic E-state index is -0.463. The topological polar surface area (TPSA) is 39.2 Å². The minimum Gasteiger partial charge on any atom is -0.455 e. The van der Waals surface area contributed by atoms with Gasteiger partial charge >= 0.3 is 5.97 Å². The first kappa shape index (κ1) is 10.7. The van der Waals surface area contributed by atoms with Gasteiger partial charge in [-0.15, -0.1) is 11.3 Å². The van der Waals surface area contributed by atoms with Crippen LogP contribution in [0.25, 0.3) is 0 Å². The van der Waals surface area contributed by atoms with E-state index in [4.69, 9.17) is 4.74 Å². The number of ether oxygens (including phenoxy) is 1. The van der Waals surface area contributed by atoms with Gasteiger partial charge in [0.15, 0.2) is 0 Å². The highest BCUT2D eigenvalue weighted by Gasteiger charge is 2.20. The molecule has 0 saturated carbocycles. The summed E-state index contributed by atoms with van der Waals surface area (Å²) in [5, 5.41) is 0.377. The predicted octanol–water partition coefficient (Wildman–Crippen LogP) is 2.86. The molecule has 0 aliphatic carbocycles. The van der Waals surface area contributed by atoms with E-state index in [2.05, 4.69) is 20.9 Å². The van der Waals surface area contributed by atoms with Gasteiger partial charge in [0.05, 0.1) is 9.98 Å². The van der Waals surface area contributed by atoms with Crippen LogP contribution in [-0.4, -0.2) is 16.6 Å². The van der Waals surface area contributed by atoms with Crippen molar-refractivity contribution in [2.75, 3.05) is 0 Å². The zero-order valence-corrected chi connectivity index (χ0v) is 10.0. The van der Waals surface area contributed by atoms with Gasteiger partial charge < -0.3 is 4.74 Å². The lowest BCUT2D eigenvalue weighted by Crippen LogP contribution is -2.23. The summed E-state index contributed by atoms with van der Waals surface area (Å²) in [6.07, 6.45) is 1.59. The summed E-state index contributed by atoms with van der Waals surface area (Å²) in [6.45, 7) is 5.48. The number of hydrogen-bond acceptors (Lipinski definition) is 4. The van der Waals surface area contributed by atoms with E-state index in [1.165, 1.54) is 11.3 Å². The summed E-state index contributed by atoms with van der Waals surface area (Å²) in [7, 11) is 0. The van der Waals surface area contributed by atoms with Gasteiger partial charge in [-0.25, -0.2) is 9.78 Å². The molecule has 0 aliphatic rings. The number of nitrogens with zero attached hydrogens (tertiary/aromatic N) is 1. The van der Waals surface area contributed by atoms with E-state index in [-0.39, 0.29) is 5.97 Å². The third kappa shape index (κ3) is 3.44. The van der Waals surface area contributed by atoms with Crippen molar-refractivity contribution in [2.24, 2.45) is 0 Å². The predicted molar refractivity (Wildman–Crippen MR) is 55.0 cm³/mol. The second-order valence-corrected chi connectivity index (χ2v) is 5.88. The zero-order chi connectivity index (χ0) is 10.1. The van der Waals surface area contributed by atoms with E-state index in [0.717, 1.165) is 3.79 Å². The number of esters is 1. The Balaban J connectivity index is 2.70. The van der Waals surface area contributed by atoms with Crippen molar-refractivity contribution in [1.82, 2.24) is 4.98 Å². The number of carbonyl (C=O) groups is 1. The van der Waals surface area contributed by atoms with Crippen LogP contribution in [0.4, 0.5) is 0 Å². The molecule has 0 bridgehead atoms. The fourth-order valence-corrected chi connectivity index (χ4v) is 1.75. The van der Waals surface area contributed by atoms with Crippen molar-refractivity contribution in [1.29, 1.82) is 0 Å². The molecule has 0 radical (unpaired) electrons. The number of aromatic nitrogens is 1. The van der Waals surface area contributed by atoms with E-state index in [1.807, 2.05) is 20.8 Å². The van der Waals surface area contributed by atoms with Crippen LogP contribution in [0.5, 0.6) is 0 Å². The first-order valence-electron chi connectivity index (χ1n) is 3.73. The fraction of sp³-hybridized carbons (Fsp3) is 0.500. The molecular weight excluding hydrogens is 254 g/mol. The largest absolute Gasteiger partial charge is 0.455 e. The van der Waals surface area contributed by atoms with E-state index >= 15 is 0 Å². The Morgan fingerprint density at radius 1 is 1.62 bits per heavy atom. The summed E-state index contributed by atoms with van der Waals surface area (Å²) in [5.41, 5.74) is -0.463. The molecule has 0 amide bonds. The van der Waals surface area contributed by atoms with E-state index in [0.29, 0.717) is 5.01 Å². The average Bonchev–Trinajstić information content (AvgIpc) is 2.31. The highest BCUT2D eigenvalue weighted by molar-refractivity contribution is 9.11. The van der Waals surface area contributed by atoms with Gasteiger partial charge in [-0.1, -0.05) is 0 Å². The minimum absolute atomic E-state index is 0.372. The maximum atomic E-state index is 11.4. The smallest absolute Gasteiger partial charge is 0.367 e. The standard InChI is InChI=1S/C8H10BrNO2S/c1-8(2,3)12-7(11)6-10-4-5(9)13-6/h4H,1-3H3. The third-order valence-corrected chi connectivity index (χ3v) is 2.51. The molecule has 0 aliphatic heterocycles. The molecule has 72 valence electrons. The molecular formula is C8H10BrNO2S. The molecule has 1 heterocycles. The van der Waals surface area contributed by atoms with E-state index in [1.54, 1.807) is 6.20 Å². The van der Waals surface area contributed by atoms with Crippen LogP contribution in [0.3, 0.4) is 0 Å². The molecule has 0 unspecified atom stereocenters. The lowest BCUT2D eigenvalue weighted by atomic mass is 10.2. The summed E-state index contributed by atoms with van der Waals surface area (Å²) in [4.78, 5) is 15.3. The summed E-state index contributed by atoms with van der Waals surface area (Å²) in [5.74, 6) is -0.372. The normalized spacial score (nSPS) is 11.4. The van der Waals surface area contributed by atoms with Crippen LogP contribution < -0.4 is 0 Å². The van der Waals surface area contributed by atoms with Gasteiger partial charge in [0.1, 0.15) is 5.60 Å². The maximum absolute atomic E-state index is 11.4. The summed E-state index contributed by atoms with van der Waals surface area (Å²) >= 11 is 4.50. The van der Waals surface area contributed by atoms with Gasteiger partial charge in [0, 0.05) is 0 Å². The van der Waals surface area contributed by atoms with Gasteiger partial charge in [-0.05, 0) is 36.7 Å². The molecule has 0 fully saturated rings. The molecule has 5 heteroatoms. The van der Waals surface area contributed by atoms with Gasteiger partial charge in [-0.3, -0.25) is 0 Å². The van der Waals surface area contributed by atoms with Crippen LogP contribution in [0.2, 0.25) is 0 Å². The number of thiazole rings is 1. The number of carbonyl (C=O) groups excluding carboxylic acids is 1. The summed E-state index contributed by atoms with van der Waals surface area (Å²) < 4.78 is 5.95. The highest BCUT2D eigenvalue weighted by Crippen LogP contribution is 2.21. The van der Waals surface area contributed by atoms with Crippen LogP contribution >= 0.6 is 27.3 Å². The van der Waals surface area contributed by atoms with Crippen LogP contribution in [0, 0.1) is 0 Å². The van der Waals surface area contributed by atoms with Crippen molar-refractivity contribution in [3.05, 3.63) is 15.0 Å². The zero-order valence-electron chi connectivity index (χ0n) is 7.63. The Morgan fingerprint density at radius 3 is 2.62 bits per heavy atom. The first-order chi connectivity index (χ1) is 5.88. The molecule has 0 saturated heterocycles. The molecule has 0 spiro atoms. The highest BCUT2D eigenvalue weighted by atomic mass is 79.9. The van der Waals surface area contributed by atoms with Gasteiger partial charge in [0.2, 0.25) is 5.01 Å².